The number of carbonyl (C=O) groups is 1. The third-order valence-corrected chi connectivity index (χ3v) is 5.78. The van der Waals surface area contributed by atoms with Crippen LogP contribution in [0, 0.1) is 0 Å². The number of urea groups is 1. The Morgan fingerprint density at radius 2 is 2.15 bits per heavy atom. The number of fused-ring (bicyclic) bond motifs is 4. The third kappa shape index (κ3) is 3.04. The van der Waals surface area contributed by atoms with E-state index in [0.29, 0.717) is 6.42 Å². The van der Waals surface area contributed by atoms with E-state index < -0.39 is 16.8 Å². The fourth-order valence-electron chi connectivity index (χ4n) is 4.26. The van der Waals surface area contributed by atoms with Gasteiger partial charge in [0.05, 0.1) is 16.6 Å². The van der Waals surface area contributed by atoms with Gasteiger partial charge < -0.3 is 10.2 Å². The van der Waals surface area contributed by atoms with Gasteiger partial charge in [-0.15, -0.1) is 0 Å². The number of benzene rings is 1. The number of halogens is 4. The van der Waals surface area contributed by atoms with Gasteiger partial charge in [-0.05, 0) is 61.6 Å². The first-order valence-electron chi connectivity index (χ1n) is 8.59. The zero-order valence-electron chi connectivity index (χ0n) is 14.5. The standard InChI is InChI=1S/C19H17ClF3N3O/c1-18-6-4-16(13-5-7-24-10-11(13)9-18)26(18)17(27)25-12-2-3-14(15(20)8-12)19(21,22)23/h2-3,5,7-8,10,16H,4,6,9H2,1H3,(H,25,27)/t16-,18+/m1/s1. The number of nitrogens with one attached hydrogen (secondary N) is 1. The molecule has 2 atom stereocenters. The Labute approximate surface area is 159 Å². The molecule has 4 nitrogen and oxygen atoms in total. The smallest absolute Gasteiger partial charge is 0.312 e. The van der Waals surface area contributed by atoms with E-state index in [2.05, 4.69) is 10.3 Å². The lowest BCUT2D eigenvalue weighted by Gasteiger charge is -2.43. The zero-order chi connectivity index (χ0) is 19.4. The molecule has 4 rings (SSSR count). The van der Waals surface area contributed by atoms with Crippen molar-refractivity contribution in [2.45, 2.75) is 43.9 Å². The Hall–Kier alpha value is -2.28. The molecule has 2 bridgehead atoms. The van der Waals surface area contributed by atoms with Crippen LogP contribution in [0.2, 0.25) is 5.02 Å². The minimum absolute atomic E-state index is 0.0633. The maximum Gasteiger partial charge on any atom is 0.417 e. The van der Waals surface area contributed by atoms with Crippen LogP contribution in [0.4, 0.5) is 23.7 Å². The largest absolute Gasteiger partial charge is 0.417 e. The van der Waals surface area contributed by atoms with Gasteiger partial charge in [-0.2, -0.15) is 13.2 Å². The molecule has 2 amide bonds. The summed E-state index contributed by atoms with van der Waals surface area (Å²) in [6, 6.07) is 4.77. The maximum atomic E-state index is 13.0. The Morgan fingerprint density at radius 3 is 2.85 bits per heavy atom. The number of nitrogens with zero attached hydrogens (tertiary/aromatic N) is 2. The molecule has 2 aliphatic heterocycles. The van der Waals surface area contributed by atoms with Crippen molar-refractivity contribution in [2.24, 2.45) is 0 Å². The Bertz CT molecular complexity index is 917. The molecular formula is C19H17ClF3N3O. The summed E-state index contributed by atoms with van der Waals surface area (Å²) in [5.74, 6) is 0. The minimum atomic E-state index is -4.53. The fourth-order valence-corrected chi connectivity index (χ4v) is 4.54. The van der Waals surface area contributed by atoms with Crippen LogP contribution in [0.1, 0.15) is 42.5 Å². The predicted octanol–water partition coefficient (Wildman–Crippen LogP) is 5.44. The summed E-state index contributed by atoms with van der Waals surface area (Å²) >= 11 is 5.76. The molecule has 27 heavy (non-hydrogen) atoms. The van der Waals surface area contributed by atoms with Crippen molar-refractivity contribution in [3.63, 3.8) is 0 Å². The van der Waals surface area contributed by atoms with Gasteiger partial charge in [0.15, 0.2) is 0 Å². The summed E-state index contributed by atoms with van der Waals surface area (Å²) in [5.41, 5.74) is 1.19. The molecule has 1 saturated heterocycles. The lowest BCUT2D eigenvalue weighted by molar-refractivity contribution is -0.137. The Morgan fingerprint density at radius 1 is 1.37 bits per heavy atom. The van der Waals surface area contributed by atoms with Gasteiger partial charge in [-0.1, -0.05) is 11.6 Å². The number of aromatic nitrogens is 1. The molecule has 1 aromatic heterocycles. The van der Waals surface area contributed by atoms with Crippen molar-refractivity contribution < 1.29 is 18.0 Å². The number of hydrogen-bond donors (Lipinski definition) is 1. The SMILES string of the molecule is C[C@]12CC[C@H](c3ccncc3C1)N2C(=O)Nc1ccc(C(F)(F)F)c(Cl)c1. The summed E-state index contributed by atoms with van der Waals surface area (Å²) in [5, 5.41) is 2.27. The Balaban J connectivity index is 1.60. The summed E-state index contributed by atoms with van der Waals surface area (Å²) in [6.45, 7) is 2.03. The van der Waals surface area contributed by atoms with Crippen LogP contribution in [0.15, 0.2) is 36.7 Å². The van der Waals surface area contributed by atoms with Gasteiger partial charge in [0, 0.05) is 23.6 Å². The molecule has 0 saturated carbocycles. The summed E-state index contributed by atoms with van der Waals surface area (Å²) in [4.78, 5) is 19.0. The molecular weight excluding hydrogens is 379 g/mol. The van der Waals surface area contributed by atoms with Crippen LogP contribution in [-0.4, -0.2) is 21.5 Å². The van der Waals surface area contributed by atoms with Gasteiger partial charge in [-0.25, -0.2) is 4.79 Å². The average Bonchev–Trinajstić information content (AvgIpc) is 2.83. The first-order chi connectivity index (χ1) is 12.7. The molecule has 2 aromatic rings. The highest BCUT2D eigenvalue weighted by Crippen LogP contribution is 2.49. The lowest BCUT2D eigenvalue weighted by Crippen LogP contribution is -2.52. The van der Waals surface area contributed by atoms with Gasteiger partial charge in [0.2, 0.25) is 0 Å². The molecule has 0 aliphatic carbocycles. The molecule has 3 heterocycles. The molecule has 1 N–H and O–H groups in total. The van der Waals surface area contributed by atoms with Crippen LogP contribution in [0.25, 0.3) is 0 Å². The number of rotatable bonds is 1. The molecule has 8 heteroatoms. The van der Waals surface area contributed by atoms with E-state index in [0.717, 1.165) is 36.1 Å². The first-order valence-corrected chi connectivity index (χ1v) is 8.97. The number of hydrogen-bond acceptors (Lipinski definition) is 2. The lowest BCUT2D eigenvalue weighted by atomic mass is 9.87. The van der Waals surface area contributed by atoms with Gasteiger partial charge >= 0.3 is 12.2 Å². The predicted molar refractivity (Wildman–Crippen MR) is 95.6 cm³/mol. The second kappa shape index (κ2) is 6.12. The number of amides is 2. The molecule has 142 valence electrons. The fraction of sp³-hybridized carbons (Fsp3) is 0.368. The second-order valence-electron chi connectivity index (χ2n) is 7.30. The minimum Gasteiger partial charge on any atom is -0.312 e. The molecule has 1 fully saturated rings. The third-order valence-electron chi connectivity index (χ3n) is 5.47. The number of anilines is 1. The van der Waals surface area contributed by atoms with Crippen LogP contribution < -0.4 is 5.32 Å². The monoisotopic (exact) mass is 395 g/mol. The topological polar surface area (TPSA) is 45.2 Å². The van der Waals surface area contributed by atoms with E-state index in [1.807, 2.05) is 19.2 Å². The van der Waals surface area contributed by atoms with E-state index in [4.69, 9.17) is 11.6 Å². The number of pyridine rings is 1. The highest BCUT2D eigenvalue weighted by Gasteiger charge is 2.50. The van der Waals surface area contributed by atoms with E-state index in [1.54, 1.807) is 11.1 Å². The van der Waals surface area contributed by atoms with E-state index in [-0.39, 0.29) is 23.3 Å². The number of alkyl halides is 3. The van der Waals surface area contributed by atoms with E-state index >= 15 is 0 Å². The van der Waals surface area contributed by atoms with Crippen LogP contribution in [-0.2, 0) is 12.6 Å². The van der Waals surface area contributed by atoms with Gasteiger partial charge in [0.25, 0.3) is 0 Å². The van der Waals surface area contributed by atoms with E-state index in [1.165, 1.54) is 6.07 Å². The molecule has 1 aromatic carbocycles. The van der Waals surface area contributed by atoms with Crippen molar-refractivity contribution in [1.82, 2.24) is 9.88 Å². The van der Waals surface area contributed by atoms with E-state index in [9.17, 15) is 18.0 Å². The maximum absolute atomic E-state index is 13.0. The molecule has 0 unspecified atom stereocenters. The van der Waals surface area contributed by atoms with Gasteiger partial charge in [-0.3, -0.25) is 4.98 Å². The van der Waals surface area contributed by atoms with Crippen LogP contribution >= 0.6 is 11.6 Å². The number of carbonyl (C=O) groups excluding carboxylic acids is 1. The molecule has 0 spiro atoms. The van der Waals surface area contributed by atoms with Crippen LogP contribution in [0.5, 0.6) is 0 Å². The Kier molecular flexibility index (Phi) is 4.10. The first kappa shape index (κ1) is 18.1. The summed E-state index contributed by atoms with van der Waals surface area (Å²) in [7, 11) is 0. The molecule has 2 aliphatic rings. The summed E-state index contributed by atoms with van der Waals surface area (Å²) in [6.07, 6.45) is 1.43. The zero-order valence-corrected chi connectivity index (χ0v) is 15.2. The average molecular weight is 396 g/mol. The highest BCUT2D eigenvalue weighted by atomic mass is 35.5. The van der Waals surface area contributed by atoms with Gasteiger partial charge in [0.1, 0.15) is 0 Å². The van der Waals surface area contributed by atoms with Crippen molar-refractivity contribution in [3.8, 4) is 0 Å². The quantitative estimate of drug-likeness (QED) is 0.699. The van der Waals surface area contributed by atoms with Crippen molar-refractivity contribution in [3.05, 3.63) is 58.4 Å². The van der Waals surface area contributed by atoms with Crippen LogP contribution in [0.3, 0.4) is 0 Å². The van der Waals surface area contributed by atoms with Crippen molar-refractivity contribution >= 4 is 23.3 Å². The molecule has 0 radical (unpaired) electrons. The highest BCUT2D eigenvalue weighted by molar-refractivity contribution is 6.31. The van der Waals surface area contributed by atoms with Crippen molar-refractivity contribution in [2.75, 3.05) is 5.32 Å². The van der Waals surface area contributed by atoms with Crippen molar-refractivity contribution in [1.29, 1.82) is 0 Å². The second-order valence-corrected chi connectivity index (χ2v) is 7.70. The normalized spacial score (nSPS) is 23.9. The summed E-state index contributed by atoms with van der Waals surface area (Å²) < 4.78 is 38.6.